The second-order valence-corrected chi connectivity index (χ2v) is 4.38. The van der Waals surface area contributed by atoms with Gasteiger partial charge in [-0.3, -0.25) is 9.59 Å². The molecule has 1 aromatic rings. The molecule has 0 heterocycles. The standard InChI is InChI=1S/C13H16FNO3/c1-8-4-5-10(14)6-11(8)12(16)15(3)7-9(2)13(17)18/h4-6,9H,7H2,1-3H3,(H,17,18)/t9-/m1/s1. The van der Waals surface area contributed by atoms with Gasteiger partial charge in [-0.25, -0.2) is 4.39 Å². The number of carboxylic acids is 1. The van der Waals surface area contributed by atoms with Gasteiger partial charge in [0.25, 0.3) is 5.91 Å². The first-order chi connectivity index (χ1) is 8.32. The van der Waals surface area contributed by atoms with Gasteiger partial charge in [0.15, 0.2) is 0 Å². The summed E-state index contributed by atoms with van der Waals surface area (Å²) in [6.07, 6.45) is 0. The Morgan fingerprint density at radius 3 is 2.61 bits per heavy atom. The van der Waals surface area contributed by atoms with Crippen LogP contribution in [0.3, 0.4) is 0 Å². The number of hydrogen-bond donors (Lipinski definition) is 1. The quantitative estimate of drug-likeness (QED) is 0.892. The molecule has 1 N–H and O–H groups in total. The number of aliphatic carboxylic acids is 1. The lowest BCUT2D eigenvalue weighted by atomic mass is 10.1. The van der Waals surface area contributed by atoms with Crippen LogP contribution in [0, 0.1) is 18.7 Å². The third-order valence-electron chi connectivity index (χ3n) is 2.75. The first kappa shape index (κ1) is 14.2. The molecule has 1 amide bonds. The van der Waals surface area contributed by atoms with Crippen LogP contribution in [0.5, 0.6) is 0 Å². The van der Waals surface area contributed by atoms with E-state index in [1.807, 2.05) is 0 Å². The Hall–Kier alpha value is -1.91. The average molecular weight is 253 g/mol. The van der Waals surface area contributed by atoms with E-state index >= 15 is 0 Å². The zero-order valence-electron chi connectivity index (χ0n) is 10.6. The molecule has 5 heteroatoms. The van der Waals surface area contributed by atoms with E-state index in [9.17, 15) is 14.0 Å². The first-order valence-corrected chi connectivity index (χ1v) is 5.57. The molecule has 0 aromatic heterocycles. The number of carbonyl (C=O) groups excluding carboxylic acids is 1. The molecule has 1 rings (SSSR count). The molecule has 1 aromatic carbocycles. The van der Waals surface area contributed by atoms with Gasteiger partial charge in [0.05, 0.1) is 5.92 Å². The summed E-state index contributed by atoms with van der Waals surface area (Å²) in [6.45, 7) is 3.32. The van der Waals surface area contributed by atoms with Crippen LogP contribution in [0.15, 0.2) is 18.2 Å². The Labute approximate surface area is 105 Å². The lowest BCUT2D eigenvalue weighted by Gasteiger charge is -2.20. The van der Waals surface area contributed by atoms with Gasteiger partial charge in [0.1, 0.15) is 5.82 Å². The van der Waals surface area contributed by atoms with Crippen LogP contribution in [-0.4, -0.2) is 35.5 Å². The number of carbonyl (C=O) groups is 2. The topological polar surface area (TPSA) is 57.6 Å². The van der Waals surface area contributed by atoms with E-state index in [2.05, 4.69) is 0 Å². The minimum Gasteiger partial charge on any atom is -0.481 e. The maximum absolute atomic E-state index is 13.1. The van der Waals surface area contributed by atoms with Crippen LogP contribution in [0.4, 0.5) is 4.39 Å². The van der Waals surface area contributed by atoms with Crippen molar-refractivity contribution in [3.05, 3.63) is 35.1 Å². The second-order valence-electron chi connectivity index (χ2n) is 4.38. The number of benzene rings is 1. The fourth-order valence-corrected chi connectivity index (χ4v) is 1.60. The number of amides is 1. The lowest BCUT2D eigenvalue weighted by molar-refractivity contribution is -0.141. The van der Waals surface area contributed by atoms with E-state index in [4.69, 9.17) is 5.11 Å². The highest BCUT2D eigenvalue weighted by Crippen LogP contribution is 2.13. The van der Waals surface area contributed by atoms with E-state index < -0.39 is 17.7 Å². The zero-order chi connectivity index (χ0) is 13.9. The van der Waals surface area contributed by atoms with Crippen LogP contribution >= 0.6 is 0 Å². The number of nitrogens with zero attached hydrogens (tertiary/aromatic N) is 1. The fraction of sp³-hybridized carbons (Fsp3) is 0.385. The Morgan fingerprint density at radius 2 is 2.06 bits per heavy atom. The Kier molecular flexibility index (Phi) is 4.42. The summed E-state index contributed by atoms with van der Waals surface area (Å²) in [5.41, 5.74) is 0.923. The van der Waals surface area contributed by atoms with Crippen LogP contribution in [0.1, 0.15) is 22.8 Å². The molecule has 0 fully saturated rings. The molecule has 0 unspecified atom stereocenters. The van der Waals surface area contributed by atoms with Gasteiger partial charge < -0.3 is 10.0 Å². The van der Waals surface area contributed by atoms with Crippen molar-refractivity contribution in [2.24, 2.45) is 5.92 Å². The van der Waals surface area contributed by atoms with E-state index in [1.165, 1.54) is 37.1 Å². The van der Waals surface area contributed by atoms with Gasteiger partial charge in [0, 0.05) is 19.2 Å². The highest BCUT2D eigenvalue weighted by Gasteiger charge is 2.19. The van der Waals surface area contributed by atoms with Gasteiger partial charge in [-0.2, -0.15) is 0 Å². The second kappa shape index (κ2) is 5.62. The van der Waals surface area contributed by atoms with Gasteiger partial charge in [-0.1, -0.05) is 13.0 Å². The molecular formula is C13H16FNO3. The van der Waals surface area contributed by atoms with Crippen molar-refractivity contribution in [2.45, 2.75) is 13.8 Å². The predicted molar refractivity (Wildman–Crippen MR) is 64.9 cm³/mol. The summed E-state index contributed by atoms with van der Waals surface area (Å²) in [4.78, 5) is 24.1. The highest BCUT2D eigenvalue weighted by atomic mass is 19.1. The van der Waals surface area contributed by atoms with Crippen molar-refractivity contribution in [1.29, 1.82) is 0 Å². The van der Waals surface area contributed by atoms with Crippen LogP contribution in [-0.2, 0) is 4.79 Å². The number of carboxylic acid groups (broad SMARTS) is 1. The molecule has 0 aliphatic heterocycles. The smallest absolute Gasteiger partial charge is 0.308 e. The molecule has 0 aliphatic carbocycles. The molecule has 0 aliphatic rings. The summed E-state index contributed by atoms with van der Waals surface area (Å²) in [6, 6.07) is 3.97. The maximum Gasteiger partial charge on any atom is 0.308 e. The van der Waals surface area contributed by atoms with E-state index in [-0.39, 0.29) is 18.0 Å². The van der Waals surface area contributed by atoms with Crippen LogP contribution in [0.25, 0.3) is 0 Å². The summed E-state index contributed by atoms with van der Waals surface area (Å²) in [7, 11) is 1.51. The monoisotopic (exact) mass is 253 g/mol. The Morgan fingerprint density at radius 1 is 1.44 bits per heavy atom. The predicted octanol–water partition coefficient (Wildman–Crippen LogP) is 1.93. The Bertz CT molecular complexity index is 473. The summed E-state index contributed by atoms with van der Waals surface area (Å²) in [5.74, 6) is -2.48. The number of rotatable bonds is 4. The van der Waals surface area contributed by atoms with Crippen molar-refractivity contribution < 1.29 is 19.1 Å². The van der Waals surface area contributed by atoms with Crippen molar-refractivity contribution in [3.8, 4) is 0 Å². The SMILES string of the molecule is Cc1ccc(F)cc1C(=O)N(C)C[C@@H](C)C(=O)O. The normalized spacial score (nSPS) is 12.0. The fourth-order valence-electron chi connectivity index (χ4n) is 1.60. The molecule has 0 saturated carbocycles. The molecule has 0 bridgehead atoms. The molecule has 1 atom stereocenters. The summed E-state index contributed by atoms with van der Waals surface area (Å²) >= 11 is 0. The van der Waals surface area contributed by atoms with Crippen molar-refractivity contribution >= 4 is 11.9 Å². The number of aryl methyl sites for hydroxylation is 1. The van der Waals surface area contributed by atoms with Gasteiger partial charge in [-0.05, 0) is 24.6 Å². The van der Waals surface area contributed by atoms with E-state index in [0.717, 1.165) is 0 Å². The molecule has 0 spiro atoms. The Balaban J connectivity index is 2.86. The van der Waals surface area contributed by atoms with Crippen LogP contribution < -0.4 is 0 Å². The highest BCUT2D eigenvalue weighted by molar-refractivity contribution is 5.95. The van der Waals surface area contributed by atoms with Gasteiger partial charge in [-0.15, -0.1) is 0 Å². The van der Waals surface area contributed by atoms with E-state index in [0.29, 0.717) is 5.56 Å². The molecule has 98 valence electrons. The largest absolute Gasteiger partial charge is 0.481 e. The first-order valence-electron chi connectivity index (χ1n) is 5.57. The van der Waals surface area contributed by atoms with Gasteiger partial charge >= 0.3 is 5.97 Å². The van der Waals surface area contributed by atoms with E-state index in [1.54, 1.807) is 6.92 Å². The molecule has 4 nitrogen and oxygen atoms in total. The van der Waals surface area contributed by atoms with Crippen molar-refractivity contribution in [3.63, 3.8) is 0 Å². The molecule has 0 saturated heterocycles. The average Bonchev–Trinajstić information content (AvgIpc) is 2.31. The minimum absolute atomic E-state index is 0.0874. The maximum atomic E-state index is 13.1. The zero-order valence-corrected chi connectivity index (χ0v) is 10.6. The minimum atomic E-state index is -0.967. The third-order valence-corrected chi connectivity index (χ3v) is 2.75. The molecule has 18 heavy (non-hydrogen) atoms. The van der Waals surface area contributed by atoms with Crippen LogP contribution in [0.2, 0.25) is 0 Å². The number of halogens is 1. The number of hydrogen-bond acceptors (Lipinski definition) is 2. The van der Waals surface area contributed by atoms with Crippen molar-refractivity contribution in [2.75, 3.05) is 13.6 Å². The summed E-state index contributed by atoms with van der Waals surface area (Å²) < 4.78 is 13.1. The third kappa shape index (κ3) is 3.29. The van der Waals surface area contributed by atoms with Crippen molar-refractivity contribution in [1.82, 2.24) is 4.90 Å². The molecule has 0 radical (unpaired) electrons. The summed E-state index contributed by atoms with van der Waals surface area (Å²) in [5, 5.41) is 8.78. The molecular weight excluding hydrogens is 237 g/mol. The van der Waals surface area contributed by atoms with Gasteiger partial charge in [0.2, 0.25) is 0 Å². The lowest BCUT2D eigenvalue weighted by Crippen LogP contribution is -2.34.